The molecule has 1 fully saturated rings. The van der Waals surface area contributed by atoms with Gasteiger partial charge in [-0.1, -0.05) is 42.0 Å². The minimum Gasteiger partial charge on any atom is -0.491 e. The van der Waals surface area contributed by atoms with E-state index < -0.39 is 0 Å². The maximum Gasteiger partial charge on any atom is 0.221 e. The van der Waals surface area contributed by atoms with Crippen molar-refractivity contribution in [3.63, 3.8) is 0 Å². The second-order valence-electron chi connectivity index (χ2n) is 9.27. The number of amides is 1. The monoisotopic (exact) mass is 409 g/mol. The van der Waals surface area contributed by atoms with Gasteiger partial charge in [0.25, 0.3) is 0 Å². The number of hydrogen-bond donors (Lipinski definition) is 1. The Kier molecular flexibility index (Phi) is 7.19. The maximum absolute atomic E-state index is 13.0. The lowest BCUT2D eigenvalue weighted by molar-refractivity contribution is -0.124. The van der Waals surface area contributed by atoms with Crippen molar-refractivity contribution in [2.75, 3.05) is 6.61 Å². The summed E-state index contributed by atoms with van der Waals surface area (Å²) in [6.45, 7) is 11.0. The molecule has 162 valence electrons. The number of ether oxygens (including phenoxy) is 2. The van der Waals surface area contributed by atoms with Crippen LogP contribution in [0.15, 0.2) is 48.5 Å². The molecular weight excluding hydrogens is 374 g/mol. The van der Waals surface area contributed by atoms with Crippen molar-refractivity contribution in [1.29, 1.82) is 0 Å². The highest BCUT2D eigenvalue weighted by molar-refractivity contribution is 5.78. The van der Waals surface area contributed by atoms with Crippen LogP contribution in [0.25, 0.3) is 0 Å². The molecule has 0 aromatic heterocycles. The van der Waals surface area contributed by atoms with Gasteiger partial charge in [0.1, 0.15) is 5.75 Å². The summed E-state index contributed by atoms with van der Waals surface area (Å²) in [6.07, 6.45) is 2.27. The second kappa shape index (κ2) is 9.65. The zero-order chi connectivity index (χ0) is 21.7. The van der Waals surface area contributed by atoms with E-state index in [0.717, 1.165) is 29.7 Å². The predicted molar refractivity (Wildman–Crippen MR) is 121 cm³/mol. The fourth-order valence-electron chi connectivity index (χ4n) is 4.10. The fraction of sp³-hybridized carbons (Fsp3) is 0.500. The lowest BCUT2D eigenvalue weighted by Gasteiger charge is -2.36. The van der Waals surface area contributed by atoms with Crippen LogP contribution in [-0.2, 0) is 9.53 Å². The van der Waals surface area contributed by atoms with E-state index in [4.69, 9.17) is 9.47 Å². The van der Waals surface area contributed by atoms with Gasteiger partial charge in [-0.15, -0.1) is 0 Å². The van der Waals surface area contributed by atoms with Gasteiger partial charge in [-0.25, -0.2) is 0 Å². The minimum atomic E-state index is -0.182. The van der Waals surface area contributed by atoms with E-state index in [1.165, 1.54) is 5.56 Å². The Morgan fingerprint density at radius 3 is 2.27 bits per heavy atom. The zero-order valence-electron chi connectivity index (χ0n) is 18.9. The number of benzene rings is 2. The molecule has 1 amide bonds. The largest absolute Gasteiger partial charge is 0.491 e. The third-order valence-electron chi connectivity index (χ3n) is 5.59. The Labute approximate surface area is 181 Å². The second-order valence-corrected chi connectivity index (χ2v) is 9.27. The average Bonchev–Trinajstić information content (AvgIpc) is 2.66. The SMILES string of the molecule is Cc1ccc([C@H](CC(=O)N[C@@H]2CCOC(C)(C)C2)c2ccc(OC(C)C)cc2)cc1. The van der Waals surface area contributed by atoms with Gasteiger partial charge in [0.05, 0.1) is 11.7 Å². The van der Waals surface area contributed by atoms with E-state index in [1.807, 2.05) is 26.0 Å². The lowest BCUT2D eigenvalue weighted by atomic mass is 9.87. The van der Waals surface area contributed by atoms with Crippen molar-refractivity contribution >= 4 is 5.91 Å². The number of hydrogen-bond acceptors (Lipinski definition) is 3. The molecule has 0 spiro atoms. The summed E-state index contributed by atoms with van der Waals surface area (Å²) in [4.78, 5) is 13.0. The van der Waals surface area contributed by atoms with Gasteiger partial charge in [-0.05, 0) is 70.7 Å². The molecule has 0 unspecified atom stereocenters. The molecular formula is C26H35NO3. The molecule has 3 rings (SSSR count). The summed E-state index contributed by atoms with van der Waals surface area (Å²) in [5, 5.41) is 3.25. The molecule has 1 N–H and O–H groups in total. The van der Waals surface area contributed by atoms with E-state index in [1.54, 1.807) is 0 Å². The highest BCUT2D eigenvalue weighted by Crippen LogP contribution is 2.31. The number of rotatable bonds is 7. The Balaban J connectivity index is 1.76. The van der Waals surface area contributed by atoms with E-state index >= 15 is 0 Å². The molecule has 0 bridgehead atoms. The summed E-state index contributed by atoms with van der Waals surface area (Å²) in [6, 6.07) is 16.8. The third-order valence-corrected chi connectivity index (χ3v) is 5.59. The van der Waals surface area contributed by atoms with Gasteiger partial charge < -0.3 is 14.8 Å². The van der Waals surface area contributed by atoms with Gasteiger partial charge in [-0.3, -0.25) is 4.79 Å². The topological polar surface area (TPSA) is 47.6 Å². The molecule has 2 atom stereocenters. The molecule has 1 saturated heterocycles. The lowest BCUT2D eigenvalue weighted by Crippen LogP contribution is -2.46. The Morgan fingerprint density at radius 2 is 1.70 bits per heavy atom. The van der Waals surface area contributed by atoms with E-state index in [0.29, 0.717) is 13.0 Å². The molecule has 0 aliphatic carbocycles. The fourth-order valence-corrected chi connectivity index (χ4v) is 4.10. The van der Waals surface area contributed by atoms with Crippen LogP contribution in [0.5, 0.6) is 5.75 Å². The first-order chi connectivity index (χ1) is 14.2. The third kappa shape index (κ3) is 6.33. The highest BCUT2D eigenvalue weighted by atomic mass is 16.5. The van der Waals surface area contributed by atoms with Gasteiger partial charge in [0, 0.05) is 25.0 Å². The molecule has 2 aromatic rings. The predicted octanol–water partition coefficient (Wildman–Crippen LogP) is 5.38. The van der Waals surface area contributed by atoms with E-state index in [2.05, 4.69) is 62.5 Å². The molecule has 4 nitrogen and oxygen atoms in total. The summed E-state index contributed by atoms with van der Waals surface area (Å²) in [5.74, 6) is 0.947. The smallest absolute Gasteiger partial charge is 0.221 e. The normalized spacial score (nSPS) is 19.3. The molecule has 1 heterocycles. The van der Waals surface area contributed by atoms with Crippen LogP contribution in [-0.4, -0.2) is 30.3 Å². The van der Waals surface area contributed by atoms with Gasteiger partial charge in [0.2, 0.25) is 5.91 Å². The molecule has 1 aliphatic rings. The number of carbonyl (C=O) groups excluding carboxylic acids is 1. The molecule has 0 radical (unpaired) electrons. The quantitative estimate of drug-likeness (QED) is 0.668. The van der Waals surface area contributed by atoms with Crippen molar-refractivity contribution in [3.8, 4) is 5.75 Å². The first-order valence-corrected chi connectivity index (χ1v) is 11.0. The minimum absolute atomic E-state index is 0.00607. The summed E-state index contributed by atoms with van der Waals surface area (Å²) in [7, 11) is 0. The maximum atomic E-state index is 13.0. The van der Waals surface area contributed by atoms with E-state index in [9.17, 15) is 4.79 Å². The van der Waals surface area contributed by atoms with E-state index in [-0.39, 0.29) is 29.6 Å². The van der Waals surface area contributed by atoms with Gasteiger partial charge >= 0.3 is 0 Å². The molecule has 4 heteroatoms. The van der Waals surface area contributed by atoms with Crippen LogP contribution in [0.4, 0.5) is 0 Å². The Morgan fingerprint density at radius 1 is 1.10 bits per heavy atom. The standard InChI is InChI=1S/C26H35NO3/c1-18(2)30-23-12-10-21(11-13-23)24(20-8-6-19(3)7-9-20)16-25(28)27-22-14-15-29-26(4,5)17-22/h6-13,18,22,24H,14-17H2,1-5H3,(H,27,28)/t22-,24+/m1/s1. The van der Waals surface area contributed by atoms with Crippen LogP contribution in [0.3, 0.4) is 0 Å². The van der Waals surface area contributed by atoms with Gasteiger partial charge in [-0.2, -0.15) is 0 Å². The molecule has 1 aliphatic heterocycles. The summed E-state index contributed by atoms with van der Waals surface area (Å²) in [5.41, 5.74) is 3.31. The van der Waals surface area contributed by atoms with Crippen LogP contribution in [0.2, 0.25) is 0 Å². The van der Waals surface area contributed by atoms with Crippen LogP contribution in [0.1, 0.15) is 69.6 Å². The highest BCUT2D eigenvalue weighted by Gasteiger charge is 2.30. The van der Waals surface area contributed by atoms with Gasteiger partial charge in [0.15, 0.2) is 0 Å². The Hall–Kier alpha value is -2.33. The van der Waals surface area contributed by atoms with Crippen LogP contribution >= 0.6 is 0 Å². The number of nitrogens with one attached hydrogen (secondary N) is 1. The Bertz CT molecular complexity index is 824. The zero-order valence-corrected chi connectivity index (χ0v) is 18.9. The van der Waals surface area contributed by atoms with Crippen molar-refractivity contribution in [2.45, 2.75) is 77.5 Å². The summed E-state index contributed by atoms with van der Waals surface area (Å²) < 4.78 is 11.6. The van der Waals surface area contributed by atoms with Crippen LogP contribution in [0, 0.1) is 6.92 Å². The average molecular weight is 410 g/mol. The van der Waals surface area contributed by atoms with Crippen molar-refractivity contribution in [1.82, 2.24) is 5.32 Å². The first kappa shape index (κ1) is 22.4. The van der Waals surface area contributed by atoms with Crippen LogP contribution < -0.4 is 10.1 Å². The molecule has 2 aromatic carbocycles. The summed E-state index contributed by atoms with van der Waals surface area (Å²) >= 11 is 0. The first-order valence-electron chi connectivity index (χ1n) is 11.0. The number of aryl methyl sites for hydroxylation is 1. The molecule has 30 heavy (non-hydrogen) atoms. The number of carbonyl (C=O) groups is 1. The molecule has 0 saturated carbocycles. The van der Waals surface area contributed by atoms with Crippen molar-refractivity contribution < 1.29 is 14.3 Å². The van der Waals surface area contributed by atoms with Crippen molar-refractivity contribution in [2.24, 2.45) is 0 Å². The van der Waals surface area contributed by atoms with Crippen molar-refractivity contribution in [3.05, 3.63) is 65.2 Å².